The van der Waals surface area contributed by atoms with E-state index >= 15 is 0 Å². The molecule has 0 aliphatic carbocycles. The summed E-state index contributed by atoms with van der Waals surface area (Å²) >= 11 is 0. The summed E-state index contributed by atoms with van der Waals surface area (Å²) in [7, 11) is 2.01. The molecule has 1 aromatic rings. The van der Waals surface area contributed by atoms with Crippen LogP contribution in [0, 0.1) is 17.7 Å². The minimum absolute atomic E-state index is 0.208. The standard InChI is InChI=1S/C16H22FNO/c1-4-6-13(2)18(3)12-15-9-8-14(7-5-10-19)11-16(15)17/h8-9,11,13,19H,4,6,10,12H2,1-3H3. The fourth-order valence-electron chi connectivity index (χ4n) is 1.96. The molecule has 3 heteroatoms. The monoisotopic (exact) mass is 263 g/mol. The van der Waals surface area contributed by atoms with Gasteiger partial charge in [0.1, 0.15) is 12.4 Å². The molecule has 0 heterocycles. The lowest BCUT2D eigenvalue weighted by Gasteiger charge is -2.24. The smallest absolute Gasteiger partial charge is 0.128 e. The molecule has 1 N–H and O–H groups in total. The van der Waals surface area contributed by atoms with Crippen LogP contribution in [0.3, 0.4) is 0 Å². The second-order valence-corrected chi connectivity index (χ2v) is 4.82. The molecule has 0 saturated heterocycles. The van der Waals surface area contributed by atoms with E-state index in [1.165, 1.54) is 6.07 Å². The lowest BCUT2D eigenvalue weighted by molar-refractivity contribution is 0.234. The Hall–Kier alpha value is -1.37. The Kier molecular flexibility index (Phi) is 6.55. The van der Waals surface area contributed by atoms with E-state index in [9.17, 15) is 4.39 Å². The summed E-state index contributed by atoms with van der Waals surface area (Å²) in [4.78, 5) is 2.15. The van der Waals surface area contributed by atoms with Crippen LogP contribution in [-0.2, 0) is 6.54 Å². The van der Waals surface area contributed by atoms with Gasteiger partial charge in [0.25, 0.3) is 0 Å². The molecule has 0 bridgehead atoms. The maximum Gasteiger partial charge on any atom is 0.128 e. The largest absolute Gasteiger partial charge is 0.384 e. The zero-order chi connectivity index (χ0) is 14.3. The third-order valence-electron chi connectivity index (χ3n) is 3.24. The third kappa shape index (κ3) is 5.02. The highest BCUT2D eigenvalue weighted by atomic mass is 19.1. The molecule has 19 heavy (non-hydrogen) atoms. The van der Waals surface area contributed by atoms with Crippen molar-refractivity contribution in [2.24, 2.45) is 0 Å². The predicted octanol–water partition coefficient (Wildman–Crippen LogP) is 2.79. The van der Waals surface area contributed by atoms with Crippen molar-refractivity contribution in [3.63, 3.8) is 0 Å². The molecule has 1 rings (SSSR count). The average Bonchev–Trinajstić information content (AvgIpc) is 2.39. The van der Waals surface area contributed by atoms with Gasteiger partial charge in [0, 0.05) is 23.7 Å². The summed E-state index contributed by atoms with van der Waals surface area (Å²) in [6.45, 7) is 4.70. The number of aliphatic hydroxyl groups is 1. The maximum absolute atomic E-state index is 13.9. The van der Waals surface area contributed by atoms with Gasteiger partial charge in [0.2, 0.25) is 0 Å². The number of nitrogens with zero attached hydrogens (tertiary/aromatic N) is 1. The highest BCUT2D eigenvalue weighted by Crippen LogP contribution is 2.14. The first-order valence-electron chi connectivity index (χ1n) is 6.66. The lowest BCUT2D eigenvalue weighted by Crippen LogP contribution is -2.28. The van der Waals surface area contributed by atoms with Crippen molar-refractivity contribution in [2.45, 2.75) is 39.3 Å². The molecule has 0 spiro atoms. The summed E-state index contributed by atoms with van der Waals surface area (Å²) in [6, 6.07) is 5.43. The van der Waals surface area contributed by atoms with Gasteiger partial charge in [-0.1, -0.05) is 31.3 Å². The van der Waals surface area contributed by atoms with Gasteiger partial charge in [0.05, 0.1) is 0 Å². The molecular weight excluding hydrogens is 241 g/mol. The molecule has 0 radical (unpaired) electrons. The van der Waals surface area contributed by atoms with Crippen molar-refractivity contribution in [3.8, 4) is 11.8 Å². The van der Waals surface area contributed by atoms with Crippen LogP contribution in [0.2, 0.25) is 0 Å². The second kappa shape index (κ2) is 7.93. The normalized spacial score (nSPS) is 12.1. The van der Waals surface area contributed by atoms with Crippen molar-refractivity contribution >= 4 is 0 Å². The Morgan fingerprint density at radius 1 is 1.42 bits per heavy atom. The van der Waals surface area contributed by atoms with Crippen molar-refractivity contribution < 1.29 is 9.50 Å². The molecule has 2 nitrogen and oxygen atoms in total. The van der Waals surface area contributed by atoms with Crippen molar-refractivity contribution in [1.82, 2.24) is 4.90 Å². The van der Waals surface area contributed by atoms with E-state index in [0.717, 1.165) is 12.8 Å². The minimum Gasteiger partial charge on any atom is -0.384 e. The second-order valence-electron chi connectivity index (χ2n) is 4.82. The SMILES string of the molecule is CCCC(C)N(C)Cc1ccc(C#CCO)cc1F. The Morgan fingerprint density at radius 2 is 2.16 bits per heavy atom. The van der Waals surface area contributed by atoms with Crippen LogP contribution in [0.15, 0.2) is 18.2 Å². The quantitative estimate of drug-likeness (QED) is 0.826. The Morgan fingerprint density at radius 3 is 2.74 bits per heavy atom. The van der Waals surface area contributed by atoms with E-state index in [1.807, 2.05) is 7.05 Å². The number of halogens is 1. The molecule has 0 saturated carbocycles. The van der Waals surface area contributed by atoms with Gasteiger partial charge in [-0.25, -0.2) is 4.39 Å². The molecule has 0 aliphatic heterocycles. The van der Waals surface area contributed by atoms with E-state index in [4.69, 9.17) is 5.11 Å². The molecule has 0 amide bonds. The van der Waals surface area contributed by atoms with Crippen LogP contribution in [0.25, 0.3) is 0 Å². The molecule has 0 aromatic heterocycles. The van der Waals surface area contributed by atoms with Gasteiger partial charge < -0.3 is 5.11 Å². The fourth-order valence-corrected chi connectivity index (χ4v) is 1.96. The Labute approximate surface area is 115 Å². The van der Waals surface area contributed by atoms with Crippen molar-refractivity contribution in [3.05, 3.63) is 35.1 Å². The van der Waals surface area contributed by atoms with Crippen LogP contribution >= 0.6 is 0 Å². The van der Waals surface area contributed by atoms with Crippen LogP contribution in [0.1, 0.15) is 37.8 Å². The molecule has 104 valence electrons. The summed E-state index contributed by atoms with van der Waals surface area (Å²) in [5, 5.41) is 8.61. The highest BCUT2D eigenvalue weighted by Gasteiger charge is 2.11. The van der Waals surface area contributed by atoms with Crippen LogP contribution in [0.4, 0.5) is 4.39 Å². The van der Waals surface area contributed by atoms with Gasteiger partial charge in [-0.15, -0.1) is 0 Å². The zero-order valence-electron chi connectivity index (χ0n) is 11.9. The van der Waals surface area contributed by atoms with E-state index < -0.39 is 0 Å². The first-order valence-corrected chi connectivity index (χ1v) is 6.66. The van der Waals surface area contributed by atoms with Gasteiger partial charge in [-0.2, -0.15) is 0 Å². The van der Waals surface area contributed by atoms with E-state index in [1.54, 1.807) is 12.1 Å². The Balaban J connectivity index is 2.74. The summed E-state index contributed by atoms with van der Waals surface area (Å²) in [5.74, 6) is 4.98. The highest BCUT2D eigenvalue weighted by molar-refractivity contribution is 5.37. The first kappa shape index (κ1) is 15.7. The molecule has 0 fully saturated rings. The van der Waals surface area contributed by atoms with Crippen molar-refractivity contribution in [2.75, 3.05) is 13.7 Å². The van der Waals surface area contributed by atoms with Crippen LogP contribution < -0.4 is 0 Å². The predicted molar refractivity (Wildman–Crippen MR) is 76.2 cm³/mol. The van der Waals surface area contributed by atoms with Gasteiger partial charge in [-0.3, -0.25) is 4.90 Å². The number of hydrogen-bond donors (Lipinski definition) is 1. The topological polar surface area (TPSA) is 23.5 Å². The van der Waals surface area contributed by atoms with Crippen molar-refractivity contribution in [1.29, 1.82) is 0 Å². The van der Waals surface area contributed by atoms with Gasteiger partial charge in [-0.05, 0) is 32.5 Å². The van der Waals surface area contributed by atoms with Crippen LogP contribution in [0.5, 0.6) is 0 Å². The summed E-state index contributed by atoms with van der Waals surface area (Å²) in [5.41, 5.74) is 1.28. The number of rotatable bonds is 5. The Bertz CT molecular complexity index is 462. The fraction of sp³-hybridized carbons (Fsp3) is 0.500. The van der Waals surface area contributed by atoms with E-state index in [-0.39, 0.29) is 12.4 Å². The maximum atomic E-state index is 13.9. The van der Waals surface area contributed by atoms with Crippen LogP contribution in [-0.4, -0.2) is 29.7 Å². The van der Waals surface area contributed by atoms with Gasteiger partial charge >= 0.3 is 0 Å². The number of aliphatic hydroxyl groups excluding tert-OH is 1. The molecule has 1 unspecified atom stereocenters. The summed E-state index contributed by atoms with van der Waals surface area (Å²) < 4.78 is 13.9. The molecular formula is C16H22FNO. The summed E-state index contributed by atoms with van der Waals surface area (Å²) in [6.07, 6.45) is 2.24. The molecule has 0 aliphatic rings. The van der Waals surface area contributed by atoms with Gasteiger partial charge in [0.15, 0.2) is 0 Å². The van der Waals surface area contributed by atoms with E-state index in [2.05, 4.69) is 30.6 Å². The number of hydrogen-bond acceptors (Lipinski definition) is 2. The minimum atomic E-state index is -0.236. The van der Waals surface area contributed by atoms with E-state index in [0.29, 0.717) is 23.7 Å². The number of benzene rings is 1. The first-order chi connectivity index (χ1) is 9.08. The zero-order valence-corrected chi connectivity index (χ0v) is 11.9. The average molecular weight is 263 g/mol. The third-order valence-corrected chi connectivity index (χ3v) is 3.24. The molecule has 1 atom stereocenters. The molecule has 1 aromatic carbocycles. The lowest BCUT2D eigenvalue weighted by atomic mass is 10.1.